The lowest BCUT2D eigenvalue weighted by Gasteiger charge is -2.07. The van der Waals surface area contributed by atoms with Crippen molar-refractivity contribution in [3.05, 3.63) is 52.0 Å². The van der Waals surface area contributed by atoms with Crippen LogP contribution in [-0.4, -0.2) is 0 Å². The van der Waals surface area contributed by atoms with Crippen LogP contribution in [0.4, 0.5) is 5.69 Å². The highest BCUT2D eigenvalue weighted by molar-refractivity contribution is 6.35. The summed E-state index contributed by atoms with van der Waals surface area (Å²) in [5.41, 5.74) is 9.57. The van der Waals surface area contributed by atoms with Crippen molar-refractivity contribution >= 4 is 28.9 Å². The smallest absolute Gasteiger partial charge is 0.0485 e. The molecule has 0 aliphatic carbocycles. The van der Waals surface area contributed by atoms with Crippen LogP contribution in [0.15, 0.2) is 36.4 Å². The predicted molar refractivity (Wildman–Crippen MR) is 71.0 cm³/mol. The maximum atomic E-state index is 6.12. The van der Waals surface area contributed by atoms with Gasteiger partial charge in [0.1, 0.15) is 0 Å². The topological polar surface area (TPSA) is 26.0 Å². The normalized spacial score (nSPS) is 10.4. The minimum absolute atomic E-state index is 0.665. The van der Waals surface area contributed by atoms with Crippen molar-refractivity contribution in [2.24, 2.45) is 0 Å². The summed E-state index contributed by atoms with van der Waals surface area (Å²) in [4.78, 5) is 0. The standard InChI is InChI=1S/C13H11Cl2N/c1-8-2-3-9(6-13(8)16)11-7-10(14)4-5-12(11)15/h2-7H,16H2,1H3. The van der Waals surface area contributed by atoms with Crippen molar-refractivity contribution in [1.29, 1.82) is 0 Å². The van der Waals surface area contributed by atoms with Gasteiger partial charge in [-0.1, -0.05) is 35.3 Å². The van der Waals surface area contributed by atoms with Gasteiger partial charge < -0.3 is 5.73 Å². The second kappa shape index (κ2) is 4.36. The third kappa shape index (κ3) is 2.16. The van der Waals surface area contributed by atoms with E-state index in [4.69, 9.17) is 28.9 Å². The molecule has 0 saturated carbocycles. The molecule has 0 atom stereocenters. The Kier molecular flexibility index (Phi) is 3.08. The molecule has 0 heterocycles. The molecular formula is C13H11Cl2N. The van der Waals surface area contributed by atoms with Crippen molar-refractivity contribution in [1.82, 2.24) is 0 Å². The van der Waals surface area contributed by atoms with Crippen LogP contribution < -0.4 is 5.73 Å². The van der Waals surface area contributed by atoms with Crippen molar-refractivity contribution < 1.29 is 0 Å². The van der Waals surface area contributed by atoms with E-state index in [1.54, 1.807) is 12.1 Å². The summed E-state index contributed by atoms with van der Waals surface area (Å²) in [6, 6.07) is 11.3. The lowest BCUT2D eigenvalue weighted by atomic mass is 10.0. The van der Waals surface area contributed by atoms with Gasteiger partial charge in [-0.2, -0.15) is 0 Å². The van der Waals surface area contributed by atoms with E-state index < -0.39 is 0 Å². The van der Waals surface area contributed by atoms with E-state index in [0.29, 0.717) is 10.0 Å². The van der Waals surface area contributed by atoms with Crippen LogP contribution in [0, 0.1) is 6.92 Å². The molecule has 0 fully saturated rings. The SMILES string of the molecule is Cc1ccc(-c2cc(Cl)ccc2Cl)cc1N. The number of anilines is 1. The first kappa shape index (κ1) is 11.3. The predicted octanol–water partition coefficient (Wildman–Crippen LogP) is 4.55. The third-order valence-corrected chi connectivity index (χ3v) is 3.08. The average Bonchev–Trinajstić information content (AvgIpc) is 2.26. The summed E-state index contributed by atoms with van der Waals surface area (Å²) in [5.74, 6) is 0. The molecular weight excluding hydrogens is 241 g/mol. The van der Waals surface area contributed by atoms with Gasteiger partial charge in [-0.25, -0.2) is 0 Å². The highest BCUT2D eigenvalue weighted by Gasteiger charge is 2.05. The molecule has 0 saturated heterocycles. The van der Waals surface area contributed by atoms with E-state index in [0.717, 1.165) is 22.4 Å². The van der Waals surface area contributed by atoms with Crippen LogP contribution in [0.3, 0.4) is 0 Å². The second-order valence-corrected chi connectivity index (χ2v) is 4.54. The molecule has 0 unspecified atom stereocenters. The molecule has 0 aromatic heterocycles. The number of rotatable bonds is 1. The Labute approximate surface area is 105 Å². The third-order valence-electron chi connectivity index (χ3n) is 2.52. The first-order valence-electron chi connectivity index (χ1n) is 4.89. The Morgan fingerprint density at radius 2 is 1.75 bits per heavy atom. The number of halogens is 2. The minimum atomic E-state index is 0.665. The maximum Gasteiger partial charge on any atom is 0.0485 e. The average molecular weight is 252 g/mol. The summed E-state index contributed by atoms with van der Waals surface area (Å²) in [6.07, 6.45) is 0. The Morgan fingerprint density at radius 1 is 1.00 bits per heavy atom. The van der Waals surface area contributed by atoms with Crippen LogP contribution in [-0.2, 0) is 0 Å². The number of benzene rings is 2. The van der Waals surface area contributed by atoms with Crippen LogP contribution in [0.1, 0.15) is 5.56 Å². The molecule has 0 aliphatic rings. The summed E-state index contributed by atoms with van der Waals surface area (Å²) < 4.78 is 0. The van der Waals surface area contributed by atoms with Gasteiger partial charge in [-0.3, -0.25) is 0 Å². The van der Waals surface area contributed by atoms with Crippen LogP contribution in [0.25, 0.3) is 11.1 Å². The summed E-state index contributed by atoms with van der Waals surface area (Å²) in [6.45, 7) is 1.97. The first-order chi connectivity index (χ1) is 7.58. The van der Waals surface area contributed by atoms with Gasteiger partial charge in [0.2, 0.25) is 0 Å². The molecule has 82 valence electrons. The van der Waals surface area contributed by atoms with Crippen molar-refractivity contribution in [3.63, 3.8) is 0 Å². The van der Waals surface area contributed by atoms with E-state index in [1.165, 1.54) is 0 Å². The Balaban J connectivity index is 2.58. The van der Waals surface area contributed by atoms with Crippen LogP contribution in [0.5, 0.6) is 0 Å². The molecule has 2 rings (SSSR count). The fourth-order valence-corrected chi connectivity index (χ4v) is 1.93. The second-order valence-electron chi connectivity index (χ2n) is 3.70. The fourth-order valence-electron chi connectivity index (χ4n) is 1.53. The molecule has 3 heteroatoms. The van der Waals surface area contributed by atoms with Gasteiger partial charge in [-0.05, 0) is 42.3 Å². The molecule has 0 aliphatic heterocycles. The van der Waals surface area contributed by atoms with Gasteiger partial charge in [0.15, 0.2) is 0 Å². The molecule has 2 aromatic rings. The van der Waals surface area contributed by atoms with Gasteiger partial charge in [0.05, 0.1) is 0 Å². The van der Waals surface area contributed by atoms with Crippen LogP contribution >= 0.6 is 23.2 Å². The van der Waals surface area contributed by atoms with E-state index in [-0.39, 0.29) is 0 Å². The maximum absolute atomic E-state index is 6.12. The molecule has 0 radical (unpaired) electrons. The van der Waals surface area contributed by atoms with Crippen molar-refractivity contribution in [3.8, 4) is 11.1 Å². The lowest BCUT2D eigenvalue weighted by Crippen LogP contribution is -1.90. The molecule has 16 heavy (non-hydrogen) atoms. The highest BCUT2D eigenvalue weighted by Crippen LogP contribution is 2.32. The van der Waals surface area contributed by atoms with Gasteiger partial charge >= 0.3 is 0 Å². The largest absolute Gasteiger partial charge is 0.398 e. The fraction of sp³-hybridized carbons (Fsp3) is 0.0769. The highest BCUT2D eigenvalue weighted by atomic mass is 35.5. The summed E-state index contributed by atoms with van der Waals surface area (Å²) in [7, 11) is 0. The number of hydrogen-bond donors (Lipinski definition) is 1. The van der Waals surface area contributed by atoms with Crippen LogP contribution in [0.2, 0.25) is 10.0 Å². The molecule has 1 nitrogen and oxygen atoms in total. The number of nitrogen functional groups attached to an aromatic ring is 1. The van der Waals surface area contributed by atoms with Gasteiger partial charge in [0.25, 0.3) is 0 Å². The quantitative estimate of drug-likeness (QED) is 0.740. The number of aryl methyl sites for hydroxylation is 1. The minimum Gasteiger partial charge on any atom is -0.398 e. The zero-order valence-electron chi connectivity index (χ0n) is 8.80. The first-order valence-corrected chi connectivity index (χ1v) is 5.65. The Morgan fingerprint density at radius 3 is 2.44 bits per heavy atom. The van der Waals surface area contributed by atoms with Gasteiger partial charge in [0, 0.05) is 21.3 Å². The Hall–Kier alpha value is -1.18. The molecule has 0 bridgehead atoms. The molecule has 0 spiro atoms. The van der Waals surface area contributed by atoms with Gasteiger partial charge in [-0.15, -0.1) is 0 Å². The van der Waals surface area contributed by atoms with E-state index in [9.17, 15) is 0 Å². The summed E-state index contributed by atoms with van der Waals surface area (Å²) >= 11 is 12.1. The van der Waals surface area contributed by atoms with Crippen molar-refractivity contribution in [2.45, 2.75) is 6.92 Å². The Bertz CT molecular complexity index is 535. The number of hydrogen-bond acceptors (Lipinski definition) is 1. The monoisotopic (exact) mass is 251 g/mol. The van der Waals surface area contributed by atoms with E-state index in [1.807, 2.05) is 31.2 Å². The van der Waals surface area contributed by atoms with E-state index in [2.05, 4.69) is 0 Å². The number of nitrogens with two attached hydrogens (primary N) is 1. The zero-order chi connectivity index (χ0) is 11.7. The lowest BCUT2D eigenvalue weighted by molar-refractivity contribution is 1.47. The molecule has 0 amide bonds. The molecule has 2 aromatic carbocycles. The zero-order valence-corrected chi connectivity index (χ0v) is 10.3. The van der Waals surface area contributed by atoms with Crippen molar-refractivity contribution in [2.75, 3.05) is 5.73 Å². The summed E-state index contributed by atoms with van der Waals surface area (Å²) in [5, 5.41) is 1.34. The van der Waals surface area contributed by atoms with E-state index >= 15 is 0 Å². The molecule has 2 N–H and O–H groups in total.